The third kappa shape index (κ3) is 7.09. The lowest BCUT2D eigenvalue weighted by molar-refractivity contribution is -0.118. The molecule has 4 aromatic rings. The van der Waals surface area contributed by atoms with Crippen LogP contribution in [0.2, 0.25) is 15.1 Å². The minimum Gasteiger partial charge on any atom is -0.493 e. The van der Waals surface area contributed by atoms with Crippen molar-refractivity contribution in [3.63, 3.8) is 0 Å². The normalized spacial score (nSPS) is 14.9. The van der Waals surface area contributed by atoms with Crippen LogP contribution in [-0.2, 0) is 9.59 Å². The molecule has 1 fully saturated rings. The molecule has 2 amide bonds. The van der Waals surface area contributed by atoms with E-state index in [9.17, 15) is 9.59 Å². The molecule has 1 aliphatic rings. The van der Waals surface area contributed by atoms with Crippen molar-refractivity contribution in [3.05, 3.63) is 117 Å². The molecule has 0 radical (unpaired) electrons. The van der Waals surface area contributed by atoms with Gasteiger partial charge in [0, 0.05) is 15.7 Å². The Balaban J connectivity index is 1.41. The first kappa shape index (κ1) is 29.5. The molecule has 0 spiro atoms. The fourth-order valence-electron chi connectivity index (χ4n) is 3.96. The molecule has 4 aromatic carbocycles. The van der Waals surface area contributed by atoms with Crippen LogP contribution in [0, 0.1) is 0 Å². The summed E-state index contributed by atoms with van der Waals surface area (Å²) in [5.74, 6) is -0.110. The molecule has 0 aromatic heterocycles. The van der Waals surface area contributed by atoms with Crippen LogP contribution in [0.5, 0.6) is 11.5 Å². The summed E-state index contributed by atoms with van der Waals surface area (Å²) in [6.07, 6.45) is 1.70. The summed E-state index contributed by atoms with van der Waals surface area (Å²) < 4.78 is 11.2. The molecule has 11 heteroatoms. The lowest BCUT2D eigenvalue weighted by atomic mass is 10.1. The molecule has 1 heterocycles. The van der Waals surface area contributed by atoms with Gasteiger partial charge in [0.05, 0.1) is 28.4 Å². The van der Waals surface area contributed by atoms with E-state index in [1.807, 2.05) is 18.2 Å². The van der Waals surface area contributed by atoms with Crippen molar-refractivity contribution in [2.45, 2.75) is 0 Å². The maximum atomic E-state index is 13.7. The molecule has 0 atom stereocenters. The van der Waals surface area contributed by atoms with Crippen molar-refractivity contribution in [3.8, 4) is 11.5 Å². The number of carbonyl (C=O) groups excluding carboxylic acids is 2. The molecule has 1 saturated heterocycles. The van der Waals surface area contributed by atoms with Crippen molar-refractivity contribution in [2.24, 2.45) is 4.99 Å². The Morgan fingerprint density at radius 2 is 1.62 bits per heavy atom. The van der Waals surface area contributed by atoms with Gasteiger partial charge in [-0.05, 0) is 96.2 Å². The number of thioether (sulfide) groups is 1. The van der Waals surface area contributed by atoms with Gasteiger partial charge in [-0.3, -0.25) is 14.5 Å². The SMILES string of the molecule is COc1cc(/C=C2\SC(=Nc3ccc(Cl)cc3)N(c3ccc(Cl)cc3)C2=O)cc(Cl)c1OCC(=O)Nc1ccccc1. The molecule has 0 bridgehead atoms. The Bertz CT molecular complexity index is 1680. The van der Waals surface area contributed by atoms with Gasteiger partial charge in [-0.1, -0.05) is 53.0 Å². The first-order chi connectivity index (χ1) is 20.3. The van der Waals surface area contributed by atoms with Crippen LogP contribution < -0.4 is 19.7 Å². The standard InChI is InChI=1S/C31H22Cl3N3O4S/c1-40-26-16-19(15-25(34)29(26)41-18-28(38)35-22-5-3-2-4-6-22)17-27-30(39)37(24-13-9-21(33)10-14-24)31(42-27)36-23-11-7-20(32)8-12-23/h2-17H,18H2,1H3,(H,35,38)/b27-17-,36-31?. The van der Waals surface area contributed by atoms with Gasteiger partial charge in [0.1, 0.15) is 0 Å². The molecular weight excluding hydrogens is 617 g/mol. The summed E-state index contributed by atoms with van der Waals surface area (Å²) in [5, 5.41) is 4.55. The number of ether oxygens (including phenoxy) is 2. The van der Waals surface area contributed by atoms with E-state index in [4.69, 9.17) is 49.3 Å². The lowest BCUT2D eigenvalue weighted by Gasteiger charge is -2.15. The number of hydrogen-bond donors (Lipinski definition) is 1. The van der Waals surface area contributed by atoms with Crippen LogP contribution in [0.25, 0.3) is 6.08 Å². The molecule has 7 nitrogen and oxygen atoms in total. The van der Waals surface area contributed by atoms with Gasteiger partial charge in [-0.15, -0.1) is 0 Å². The first-order valence-electron chi connectivity index (χ1n) is 12.5. The second-order valence-corrected chi connectivity index (χ2v) is 11.1. The summed E-state index contributed by atoms with van der Waals surface area (Å²) in [6, 6.07) is 26.3. The van der Waals surface area contributed by atoms with Crippen LogP contribution in [-0.4, -0.2) is 30.7 Å². The summed E-state index contributed by atoms with van der Waals surface area (Å²) >= 11 is 19.9. The average molecular weight is 639 g/mol. The average Bonchev–Trinajstić information content (AvgIpc) is 3.28. The predicted octanol–water partition coefficient (Wildman–Crippen LogP) is 8.48. The number of amides is 2. The second-order valence-electron chi connectivity index (χ2n) is 8.84. The molecule has 1 N–H and O–H groups in total. The number of para-hydroxylation sites is 1. The van der Waals surface area contributed by atoms with Gasteiger partial charge >= 0.3 is 0 Å². The highest BCUT2D eigenvalue weighted by Crippen LogP contribution is 2.41. The summed E-state index contributed by atoms with van der Waals surface area (Å²) in [6.45, 7) is -0.277. The molecule has 5 rings (SSSR count). The number of halogens is 3. The fraction of sp³-hybridized carbons (Fsp3) is 0.0645. The van der Waals surface area contributed by atoms with Crippen molar-refractivity contribution in [2.75, 3.05) is 23.9 Å². The van der Waals surface area contributed by atoms with Crippen LogP contribution in [0.1, 0.15) is 5.56 Å². The van der Waals surface area contributed by atoms with Crippen molar-refractivity contribution in [1.82, 2.24) is 0 Å². The van der Waals surface area contributed by atoms with Gasteiger partial charge in [0.15, 0.2) is 23.3 Å². The van der Waals surface area contributed by atoms with Crippen LogP contribution in [0.3, 0.4) is 0 Å². The number of benzene rings is 4. The van der Waals surface area contributed by atoms with Crippen LogP contribution in [0.15, 0.2) is 101 Å². The molecule has 42 heavy (non-hydrogen) atoms. The third-order valence-electron chi connectivity index (χ3n) is 5.90. The maximum absolute atomic E-state index is 13.7. The summed E-state index contributed by atoms with van der Waals surface area (Å²) in [5.41, 5.74) is 2.49. The van der Waals surface area contributed by atoms with Crippen LogP contribution in [0.4, 0.5) is 17.1 Å². The number of nitrogens with zero attached hydrogens (tertiary/aromatic N) is 2. The number of anilines is 2. The molecule has 0 saturated carbocycles. The predicted molar refractivity (Wildman–Crippen MR) is 172 cm³/mol. The zero-order valence-electron chi connectivity index (χ0n) is 22.0. The van der Waals surface area contributed by atoms with Gasteiger partial charge in [0.2, 0.25) is 0 Å². The monoisotopic (exact) mass is 637 g/mol. The number of methoxy groups -OCH3 is 1. The van der Waals surface area contributed by atoms with E-state index < -0.39 is 0 Å². The smallest absolute Gasteiger partial charge is 0.271 e. The van der Waals surface area contributed by atoms with E-state index in [1.54, 1.807) is 78.9 Å². The Kier molecular flexibility index (Phi) is 9.39. The molecule has 1 aliphatic heterocycles. The van der Waals surface area contributed by atoms with E-state index in [-0.39, 0.29) is 29.2 Å². The highest BCUT2D eigenvalue weighted by molar-refractivity contribution is 8.19. The van der Waals surface area contributed by atoms with Crippen molar-refractivity contribution in [1.29, 1.82) is 0 Å². The highest BCUT2D eigenvalue weighted by Gasteiger charge is 2.35. The Morgan fingerprint density at radius 1 is 0.952 bits per heavy atom. The Hall–Kier alpha value is -3.95. The molecule has 0 aliphatic carbocycles. The summed E-state index contributed by atoms with van der Waals surface area (Å²) in [7, 11) is 1.47. The van der Waals surface area contributed by atoms with E-state index in [2.05, 4.69) is 5.32 Å². The maximum Gasteiger partial charge on any atom is 0.271 e. The van der Waals surface area contributed by atoms with Crippen molar-refractivity contribution >= 4 is 86.7 Å². The third-order valence-corrected chi connectivity index (χ3v) is 7.65. The van der Waals surface area contributed by atoms with Gasteiger partial charge < -0.3 is 14.8 Å². The van der Waals surface area contributed by atoms with Gasteiger partial charge in [-0.2, -0.15) is 0 Å². The molecular formula is C31H22Cl3N3O4S. The van der Waals surface area contributed by atoms with Crippen molar-refractivity contribution < 1.29 is 19.1 Å². The topological polar surface area (TPSA) is 80.2 Å². The minimum atomic E-state index is -0.353. The van der Waals surface area contributed by atoms with Gasteiger partial charge in [-0.25, -0.2) is 4.99 Å². The van der Waals surface area contributed by atoms with E-state index in [0.29, 0.717) is 48.5 Å². The van der Waals surface area contributed by atoms with E-state index >= 15 is 0 Å². The zero-order chi connectivity index (χ0) is 29.6. The minimum absolute atomic E-state index is 0.211. The quantitative estimate of drug-likeness (QED) is 0.196. The van der Waals surface area contributed by atoms with E-state index in [0.717, 1.165) is 0 Å². The number of rotatable bonds is 8. The number of carbonyl (C=O) groups is 2. The highest BCUT2D eigenvalue weighted by atomic mass is 35.5. The summed E-state index contributed by atoms with van der Waals surface area (Å²) in [4.78, 5) is 32.7. The second kappa shape index (κ2) is 13.4. The number of amidine groups is 1. The van der Waals surface area contributed by atoms with E-state index in [1.165, 1.54) is 23.8 Å². The Labute approximate surface area is 261 Å². The molecule has 0 unspecified atom stereocenters. The zero-order valence-corrected chi connectivity index (χ0v) is 25.1. The number of hydrogen-bond acceptors (Lipinski definition) is 6. The number of aliphatic imine (C=N–C) groups is 1. The fourth-order valence-corrected chi connectivity index (χ4v) is 5.49. The lowest BCUT2D eigenvalue weighted by Crippen LogP contribution is -2.28. The van der Waals surface area contributed by atoms with Crippen LogP contribution >= 0.6 is 46.6 Å². The largest absolute Gasteiger partial charge is 0.493 e. The first-order valence-corrected chi connectivity index (χ1v) is 14.4. The van der Waals surface area contributed by atoms with Gasteiger partial charge in [0.25, 0.3) is 11.8 Å². The Morgan fingerprint density at radius 3 is 2.29 bits per heavy atom. The molecule has 212 valence electrons. The number of nitrogens with one attached hydrogen (secondary N) is 1.